The Hall–Kier alpha value is -1.96. The number of nitrogens with zero attached hydrogens (tertiary/aromatic N) is 1. The number of ether oxygens (including phenoxy) is 2. The minimum atomic E-state index is -2.36. The first-order chi connectivity index (χ1) is 12.2. The van der Waals surface area contributed by atoms with Crippen molar-refractivity contribution in [2.75, 3.05) is 33.6 Å². The van der Waals surface area contributed by atoms with Crippen LogP contribution in [0.25, 0.3) is 0 Å². The van der Waals surface area contributed by atoms with Crippen LogP contribution in [0.1, 0.15) is 19.6 Å². The van der Waals surface area contributed by atoms with Crippen LogP contribution >= 0.6 is 7.14 Å². The van der Waals surface area contributed by atoms with Gasteiger partial charge in [0.05, 0.1) is 12.7 Å². The molecule has 0 saturated heterocycles. The van der Waals surface area contributed by atoms with E-state index in [0.29, 0.717) is 6.42 Å². The van der Waals surface area contributed by atoms with Crippen LogP contribution in [0.15, 0.2) is 33.7 Å². The summed E-state index contributed by atoms with van der Waals surface area (Å²) in [6.07, 6.45) is 2.27. The number of amides is 1. The largest absolute Gasteiger partial charge is 0.367 e. The van der Waals surface area contributed by atoms with Crippen LogP contribution in [0.5, 0.6) is 0 Å². The normalized spacial score (nSPS) is 14.3. The highest BCUT2D eigenvalue weighted by Gasteiger charge is 2.18. The predicted molar refractivity (Wildman–Crippen MR) is 99.0 cm³/mol. The van der Waals surface area contributed by atoms with Crippen LogP contribution in [0.4, 0.5) is 0 Å². The second-order valence-corrected chi connectivity index (χ2v) is 9.19. The lowest BCUT2D eigenvalue weighted by molar-refractivity contribution is -0.130. The number of carbonyl (C=O) groups excluding carboxylic acids is 1. The number of likely N-dealkylation sites (N-methyl/N-ethyl adjacent to an activating group) is 1. The van der Waals surface area contributed by atoms with Crippen LogP contribution in [0.3, 0.4) is 0 Å². The lowest BCUT2D eigenvalue weighted by Gasteiger charge is -2.24. The van der Waals surface area contributed by atoms with E-state index in [1.807, 2.05) is 6.92 Å². The van der Waals surface area contributed by atoms with Crippen molar-refractivity contribution in [1.82, 2.24) is 14.9 Å². The van der Waals surface area contributed by atoms with Crippen molar-refractivity contribution in [1.29, 1.82) is 0 Å². The summed E-state index contributed by atoms with van der Waals surface area (Å²) in [6.45, 7) is 4.86. The van der Waals surface area contributed by atoms with E-state index in [2.05, 4.69) is 10.3 Å². The molecule has 9 nitrogen and oxygen atoms in total. The van der Waals surface area contributed by atoms with Crippen LogP contribution < -0.4 is 16.6 Å². The van der Waals surface area contributed by atoms with Gasteiger partial charge in [-0.15, -0.1) is 0 Å². The fraction of sp³-hybridized carbons (Fsp3) is 0.562. The number of aromatic nitrogens is 2. The summed E-state index contributed by atoms with van der Waals surface area (Å²) in [5.41, 5.74) is -1.18. The zero-order valence-electron chi connectivity index (χ0n) is 15.4. The van der Waals surface area contributed by atoms with Gasteiger partial charge in [0.25, 0.3) is 5.56 Å². The smallest absolute Gasteiger partial charge is 0.330 e. The van der Waals surface area contributed by atoms with E-state index in [-0.39, 0.29) is 19.1 Å². The third-order valence-electron chi connectivity index (χ3n) is 3.33. The first-order valence-electron chi connectivity index (χ1n) is 8.15. The van der Waals surface area contributed by atoms with Gasteiger partial charge in [-0.05, 0) is 25.6 Å². The Morgan fingerprint density at radius 1 is 1.42 bits per heavy atom. The maximum absolute atomic E-state index is 12.1. The molecule has 0 aromatic carbocycles. The molecular weight excluding hydrogens is 361 g/mol. The van der Waals surface area contributed by atoms with E-state index < -0.39 is 30.7 Å². The number of aromatic amines is 1. The van der Waals surface area contributed by atoms with Gasteiger partial charge in [-0.25, -0.2) is 4.79 Å². The van der Waals surface area contributed by atoms with Crippen molar-refractivity contribution in [2.24, 2.45) is 0 Å². The number of carbonyl (C=O) groups is 1. The summed E-state index contributed by atoms with van der Waals surface area (Å²) in [6, 6.07) is 1.19. The Balaban J connectivity index is 3.00. The topological polar surface area (TPSA) is 119 Å². The van der Waals surface area contributed by atoms with Crippen molar-refractivity contribution in [3.63, 3.8) is 0 Å². The van der Waals surface area contributed by atoms with E-state index in [1.165, 1.54) is 23.9 Å². The standard InChI is InChI=1S/C16H26N3O6P/c1-5-12(7-9-26(3,4)23)25-15(11-24-10-14(21)17-2)19-8-6-13(20)18-16(19)22/h6-9,12,15H,5,10-11H2,1-4H3,(H,17,21)(H,18,20,22)/b9-7+/t12-,15+/m0/s1. The Morgan fingerprint density at radius 2 is 2.12 bits per heavy atom. The molecule has 26 heavy (non-hydrogen) atoms. The Bertz CT molecular complexity index is 779. The van der Waals surface area contributed by atoms with Crippen LogP contribution in [-0.4, -0.2) is 55.2 Å². The van der Waals surface area contributed by atoms with Gasteiger partial charge in [-0.2, -0.15) is 0 Å². The van der Waals surface area contributed by atoms with Gasteiger partial charge in [0.15, 0.2) is 6.23 Å². The van der Waals surface area contributed by atoms with Crippen LogP contribution in [0, 0.1) is 0 Å². The molecule has 2 N–H and O–H groups in total. The molecule has 0 aliphatic carbocycles. The van der Waals surface area contributed by atoms with Gasteiger partial charge in [-0.3, -0.25) is 19.1 Å². The van der Waals surface area contributed by atoms with Crippen molar-refractivity contribution < 1.29 is 18.8 Å². The maximum Gasteiger partial charge on any atom is 0.330 e. The van der Waals surface area contributed by atoms with E-state index >= 15 is 0 Å². The fourth-order valence-electron chi connectivity index (χ4n) is 1.95. The van der Waals surface area contributed by atoms with E-state index in [9.17, 15) is 18.9 Å². The van der Waals surface area contributed by atoms with Crippen molar-refractivity contribution in [2.45, 2.75) is 25.7 Å². The lowest BCUT2D eigenvalue weighted by atomic mass is 10.3. The maximum atomic E-state index is 12.1. The van der Waals surface area contributed by atoms with Gasteiger partial charge < -0.3 is 19.4 Å². The number of H-pyrrole nitrogens is 1. The molecular formula is C16H26N3O6P. The minimum absolute atomic E-state index is 0.0837. The molecule has 0 aliphatic rings. The van der Waals surface area contributed by atoms with Crippen LogP contribution in [0.2, 0.25) is 0 Å². The van der Waals surface area contributed by atoms with Gasteiger partial charge in [0, 0.05) is 19.3 Å². The van der Waals surface area contributed by atoms with E-state index in [0.717, 1.165) is 0 Å². The summed E-state index contributed by atoms with van der Waals surface area (Å²) in [7, 11) is -0.879. The molecule has 0 unspecified atom stereocenters. The third-order valence-corrected chi connectivity index (χ3v) is 4.22. The zero-order chi connectivity index (χ0) is 19.7. The number of hydrogen-bond acceptors (Lipinski definition) is 6. The van der Waals surface area contributed by atoms with Crippen LogP contribution in [-0.2, 0) is 18.8 Å². The SMILES string of the molecule is CC[C@@H](/C=C/P(C)(C)=O)O[C@H](COCC(=O)NC)n1ccc(=O)[nH]c1=O. The molecule has 146 valence electrons. The third kappa shape index (κ3) is 7.95. The Kier molecular flexibility index (Phi) is 8.71. The number of nitrogens with one attached hydrogen (secondary N) is 2. The van der Waals surface area contributed by atoms with E-state index in [1.54, 1.807) is 25.2 Å². The fourth-order valence-corrected chi connectivity index (χ4v) is 2.55. The molecule has 1 amide bonds. The molecule has 2 atom stereocenters. The average Bonchev–Trinajstić information content (AvgIpc) is 2.56. The molecule has 0 spiro atoms. The Labute approximate surface area is 151 Å². The quantitative estimate of drug-likeness (QED) is 0.571. The average molecular weight is 387 g/mol. The highest BCUT2D eigenvalue weighted by molar-refractivity contribution is 7.65. The molecule has 1 aromatic heterocycles. The highest BCUT2D eigenvalue weighted by atomic mass is 31.2. The molecule has 0 radical (unpaired) electrons. The van der Waals surface area contributed by atoms with E-state index in [4.69, 9.17) is 9.47 Å². The van der Waals surface area contributed by atoms with Gasteiger partial charge in [0.2, 0.25) is 5.91 Å². The molecule has 0 fully saturated rings. The predicted octanol–water partition coefficient (Wildman–Crippen LogP) is 0.729. The van der Waals surface area contributed by atoms with Gasteiger partial charge >= 0.3 is 5.69 Å². The Morgan fingerprint density at radius 3 is 2.65 bits per heavy atom. The molecule has 0 bridgehead atoms. The number of rotatable bonds is 10. The van der Waals surface area contributed by atoms with Crippen molar-refractivity contribution >= 4 is 13.0 Å². The van der Waals surface area contributed by atoms with Gasteiger partial charge in [0.1, 0.15) is 13.7 Å². The van der Waals surface area contributed by atoms with Gasteiger partial charge in [-0.1, -0.05) is 13.0 Å². The molecule has 0 saturated carbocycles. The summed E-state index contributed by atoms with van der Waals surface area (Å²) in [5, 5.41) is 2.42. The molecule has 1 rings (SSSR count). The number of hydrogen-bond donors (Lipinski definition) is 2. The molecule has 10 heteroatoms. The lowest BCUT2D eigenvalue weighted by Crippen LogP contribution is -2.36. The summed E-state index contributed by atoms with van der Waals surface area (Å²) >= 11 is 0. The first kappa shape index (κ1) is 22.1. The monoisotopic (exact) mass is 387 g/mol. The summed E-state index contributed by atoms with van der Waals surface area (Å²) in [5.74, 6) is 1.28. The second kappa shape index (κ2) is 10.3. The molecule has 1 heterocycles. The molecule has 1 aromatic rings. The minimum Gasteiger partial charge on any atom is -0.367 e. The van der Waals surface area contributed by atoms with Crippen molar-refractivity contribution in [3.8, 4) is 0 Å². The summed E-state index contributed by atoms with van der Waals surface area (Å²) in [4.78, 5) is 36.8. The van der Waals surface area contributed by atoms with Crippen molar-refractivity contribution in [3.05, 3.63) is 45.0 Å². The highest BCUT2D eigenvalue weighted by Crippen LogP contribution is 2.37. The molecule has 0 aliphatic heterocycles. The second-order valence-electron chi connectivity index (χ2n) is 6.02. The first-order valence-corrected chi connectivity index (χ1v) is 10.8. The zero-order valence-corrected chi connectivity index (χ0v) is 16.3. The summed E-state index contributed by atoms with van der Waals surface area (Å²) < 4.78 is 24.2.